The van der Waals surface area contributed by atoms with Crippen LogP contribution >= 0.6 is 0 Å². The van der Waals surface area contributed by atoms with Crippen molar-refractivity contribution >= 4 is 33.3 Å². The lowest BCUT2D eigenvalue weighted by Gasteiger charge is -2.11. The van der Waals surface area contributed by atoms with E-state index in [4.69, 9.17) is 0 Å². The van der Waals surface area contributed by atoms with Crippen LogP contribution in [0.2, 0.25) is 0 Å². The summed E-state index contributed by atoms with van der Waals surface area (Å²) in [6.45, 7) is 2.20. The van der Waals surface area contributed by atoms with Crippen molar-refractivity contribution in [2.24, 2.45) is 0 Å². The van der Waals surface area contributed by atoms with Gasteiger partial charge in [-0.15, -0.1) is 0 Å². The summed E-state index contributed by atoms with van der Waals surface area (Å²) in [5.41, 5.74) is 2.90. The molecule has 0 unspecified atom stereocenters. The van der Waals surface area contributed by atoms with Gasteiger partial charge in [-0.05, 0) is 55.3 Å². The van der Waals surface area contributed by atoms with Crippen LogP contribution in [-0.4, -0.2) is 33.4 Å². The van der Waals surface area contributed by atoms with E-state index >= 15 is 0 Å². The lowest BCUT2D eigenvalue weighted by molar-refractivity contribution is -0.120. The number of hydrogen-bond donors (Lipinski definition) is 4. The lowest BCUT2D eigenvalue weighted by Crippen LogP contribution is -2.39. The molecule has 0 spiro atoms. The maximum absolute atomic E-state index is 12.5. The van der Waals surface area contributed by atoms with Gasteiger partial charge in [0.25, 0.3) is 10.0 Å². The molecule has 0 atom stereocenters. The highest BCUT2D eigenvalue weighted by atomic mass is 32.2. The van der Waals surface area contributed by atoms with E-state index in [1.54, 1.807) is 24.3 Å². The number of hydrogen-bond acceptors (Lipinski definition) is 4. The standard InChI is InChI=1S/C24H26N4O4S/c1-18-7-13-22(14-8-18)33(31,32)28-21-11-9-20(10-12-21)27-24(30)26-17-23(29)25-16-15-19-5-3-2-4-6-19/h2-14,28H,15-17H2,1H3,(H,25,29)(H2,26,27,30). The molecule has 172 valence electrons. The monoisotopic (exact) mass is 466 g/mol. The number of benzene rings is 3. The quantitative estimate of drug-likeness (QED) is 0.387. The van der Waals surface area contributed by atoms with E-state index in [9.17, 15) is 18.0 Å². The van der Waals surface area contributed by atoms with Gasteiger partial charge >= 0.3 is 6.03 Å². The van der Waals surface area contributed by atoms with Crippen LogP contribution in [0.3, 0.4) is 0 Å². The first-order chi connectivity index (χ1) is 15.8. The number of carbonyl (C=O) groups is 2. The largest absolute Gasteiger partial charge is 0.354 e. The van der Waals surface area contributed by atoms with E-state index in [0.29, 0.717) is 24.3 Å². The molecule has 0 saturated carbocycles. The first-order valence-corrected chi connectivity index (χ1v) is 11.9. The molecule has 0 bridgehead atoms. The number of anilines is 2. The van der Waals surface area contributed by atoms with Gasteiger partial charge in [0.15, 0.2) is 0 Å². The Morgan fingerprint density at radius 2 is 1.42 bits per heavy atom. The maximum Gasteiger partial charge on any atom is 0.319 e. The zero-order valence-corrected chi connectivity index (χ0v) is 19.0. The topological polar surface area (TPSA) is 116 Å². The van der Waals surface area contributed by atoms with Gasteiger partial charge in [0.2, 0.25) is 5.91 Å². The van der Waals surface area contributed by atoms with Gasteiger partial charge in [-0.2, -0.15) is 0 Å². The fourth-order valence-corrected chi connectivity index (χ4v) is 4.00. The number of rotatable bonds is 9. The molecule has 0 fully saturated rings. The fraction of sp³-hybridized carbons (Fsp3) is 0.167. The average molecular weight is 467 g/mol. The van der Waals surface area contributed by atoms with Crippen molar-refractivity contribution in [3.05, 3.63) is 90.0 Å². The summed E-state index contributed by atoms with van der Waals surface area (Å²) >= 11 is 0. The van der Waals surface area contributed by atoms with E-state index < -0.39 is 16.1 Å². The minimum Gasteiger partial charge on any atom is -0.354 e. The molecule has 3 rings (SSSR count). The molecule has 3 aromatic carbocycles. The molecule has 0 radical (unpaired) electrons. The van der Waals surface area contributed by atoms with Crippen LogP contribution in [0.15, 0.2) is 83.8 Å². The first kappa shape index (κ1) is 23.8. The number of urea groups is 1. The molecule has 33 heavy (non-hydrogen) atoms. The van der Waals surface area contributed by atoms with Gasteiger partial charge in [-0.3, -0.25) is 9.52 Å². The Balaban J connectivity index is 1.42. The molecule has 0 aliphatic rings. The molecule has 0 aromatic heterocycles. The van der Waals surface area contributed by atoms with Crippen LogP contribution in [0.4, 0.5) is 16.2 Å². The van der Waals surface area contributed by atoms with Gasteiger partial charge in [-0.1, -0.05) is 48.0 Å². The summed E-state index contributed by atoms with van der Waals surface area (Å²) in [4.78, 5) is 24.1. The van der Waals surface area contributed by atoms with Gasteiger partial charge in [0.05, 0.1) is 11.4 Å². The third-order valence-electron chi connectivity index (χ3n) is 4.71. The smallest absolute Gasteiger partial charge is 0.319 e. The van der Waals surface area contributed by atoms with Gasteiger partial charge in [0.1, 0.15) is 0 Å². The van der Waals surface area contributed by atoms with Crippen molar-refractivity contribution in [2.75, 3.05) is 23.1 Å². The van der Waals surface area contributed by atoms with E-state index in [-0.39, 0.29) is 17.3 Å². The van der Waals surface area contributed by atoms with Crippen LogP contribution < -0.4 is 20.7 Å². The highest BCUT2D eigenvalue weighted by molar-refractivity contribution is 7.92. The summed E-state index contributed by atoms with van der Waals surface area (Å²) in [7, 11) is -3.70. The second-order valence-electron chi connectivity index (χ2n) is 7.39. The molecule has 0 heterocycles. The van der Waals surface area contributed by atoms with Crippen molar-refractivity contribution in [1.82, 2.24) is 10.6 Å². The van der Waals surface area contributed by atoms with Crippen molar-refractivity contribution < 1.29 is 18.0 Å². The third kappa shape index (κ3) is 7.65. The second-order valence-corrected chi connectivity index (χ2v) is 9.07. The summed E-state index contributed by atoms with van der Waals surface area (Å²) in [6, 6.07) is 22.0. The Morgan fingerprint density at radius 3 is 2.09 bits per heavy atom. The summed E-state index contributed by atoms with van der Waals surface area (Å²) in [5, 5.41) is 7.83. The fourth-order valence-electron chi connectivity index (χ4n) is 2.94. The van der Waals surface area contributed by atoms with Gasteiger partial charge in [0, 0.05) is 17.9 Å². The number of sulfonamides is 1. The molecule has 9 heteroatoms. The van der Waals surface area contributed by atoms with Crippen molar-refractivity contribution in [2.45, 2.75) is 18.2 Å². The molecule has 0 aliphatic heterocycles. The number of amides is 3. The van der Waals surface area contributed by atoms with Crippen LogP contribution in [0, 0.1) is 6.92 Å². The van der Waals surface area contributed by atoms with E-state index in [1.165, 1.54) is 24.3 Å². The molecule has 8 nitrogen and oxygen atoms in total. The zero-order valence-electron chi connectivity index (χ0n) is 18.2. The van der Waals surface area contributed by atoms with E-state index in [0.717, 1.165) is 11.1 Å². The molecular weight excluding hydrogens is 440 g/mol. The summed E-state index contributed by atoms with van der Waals surface area (Å²) < 4.78 is 27.4. The van der Waals surface area contributed by atoms with Crippen LogP contribution in [0.1, 0.15) is 11.1 Å². The number of aryl methyl sites for hydroxylation is 1. The third-order valence-corrected chi connectivity index (χ3v) is 6.11. The first-order valence-electron chi connectivity index (χ1n) is 10.4. The normalized spacial score (nSPS) is 10.8. The van der Waals surface area contributed by atoms with Crippen molar-refractivity contribution in [1.29, 1.82) is 0 Å². The lowest BCUT2D eigenvalue weighted by atomic mass is 10.1. The van der Waals surface area contributed by atoms with E-state index in [1.807, 2.05) is 37.3 Å². The minimum absolute atomic E-state index is 0.158. The SMILES string of the molecule is Cc1ccc(S(=O)(=O)Nc2ccc(NC(=O)NCC(=O)NCCc3ccccc3)cc2)cc1. The Bertz CT molecular complexity index is 1180. The predicted octanol–water partition coefficient (Wildman–Crippen LogP) is 3.28. The zero-order chi connectivity index (χ0) is 23.7. The Morgan fingerprint density at radius 1 is 0.788 bits per heavy atom. The molecular formula is C24H26N4O4S. The minimum atomic E-state index is -3.70. The van der Waals surface area contributed by atoms with E-state index in [2.05, 4.69) is 20.7 Å². The molecule has 3 amide bonds. The highest BCUT2D eigenvalue weighted by Gasteiger charge is 2.14. The number of nitrogens with one attached hydrogen (secondary N) is 4. The van der Waals surface area contributed by atoms with Gasteiger partial charge in [-0.25, -0.2) is 13.2 Å². The highest BCUT2D eigenvalue weighted by Crippen LogP contribution is 2.18. The van der Waals surface area contributed by atoms with Crippen molar-refractivity contribution in [3.63, 3.8) is 0 Å². The Hall–Kier alpha value is -3.85. The van der Waals surface area contributed by atoms with Crippen molar-refractivity contribution in [3.8, 4) is 0 Å². The van der Waals surface area contributed by atoms with Crippen LogP contribution in [-0.2, 0) is 21.2 Å². The summed E-state index contributed by atoms with van der Waals surface area (Å²) in [5.74, 6) is -0.290. The maximum atomic E-state index is 12.5. The second kappa shape index (κ2) is 11.1. The molecule has 3 aromatic rings. The predicted molar refractivity (Wildman–Crippen MR) is 129 cm³/mol. The van der Waals surface area contributed by atoms with Gasteiger partial charge < -0.3 is 16.0 Å². The average Bonchev–Trinajstić information content (AvgIpc) is 2.80. The van der Waals surface area contributed by atoms with Crippen LogP contribution in [0.25, 0.3) is 0 Å². The molecule has 0 saturated heterocycles. The molecule has 0 aliphatic carbocycles. The Labute approximate surface area is 193 Å². The molecule has 4 N–H and O–H groups in total. The number of carbonyl (C=O) groups excluding carboxylic acids is 2. The van der Waals surface area contributed by atoms with Crippen LogP contribution in [0.5, 0.6) is 0 Å². The Kier molecular flexibility index (Phi) is 8.04. The summed E-state index contributed by atoms with van der Waals surface area (Å²) in [6.07, 6.45) is 0.707.